The van der Waals surface area contributed by atoms with Gasteiger partial charge in [0.15, 0.2) is 15.8 Å². The Morgan fingerprint density at radius 1 is 1.07 bits per heavy atom. The van der Waals surface area contributed by atoms with E-state index >= 15 is 0 Å². The highest BCUT2D eigenvalue weighted by molar-refractivity contribution is 8.27. The molecule has 150 valence electrons. The van der Waals surface area contributed by atoms with Crippen LogP contribution in [0.4, 0.5) is 5.69 Å². The van der Waals surface area contributed by atoms with Crippen LogP contribution in [0.2, 0.25) is 10.0 Å². The van der Waals surface area contributed by atoms with Crippen LogP contribution in [-0.4, -0.2) is 17.0 Å². The highest BCUT2D eigenvalue weighted by Crippen LogP contribution is 2.41. The second-order valence-electron chi connectivity index (χ2n) is 6.36. The fourth-order valence-corrected chi connectivity index (χ4v) is 4.79. The second kappa shape index (κ2) is 7.67. The Balaban J connectivity index is 1.43. The molecule has 0 N–H and O–H groups in total. The Kier molecular flexibility index (Phi) is 4.99. The zero-order chi connectivity index (χ0) is 20.8. The number of carbonyl (C=O) groups excluding carboxylic acids is 1. The first kappa shape index (κ1) is 19.5. The molecule has 3 aromatic rings. The third-order valence-corrected chi connectivity index (χ3v) is 6.65. The number of amides is 1. The number of anilines is 1. The van der Waals surface area contributed by atoms with E-state index in [4.69, 9.17) is 49.3 Å². The Hall–Kier alpha value is -2.45. The van der Waals surface area contributed by atoms with E-state index in [-0.39, 0.29) is 12.7 Å². The largest absolute Gasteiger partial charge is 0.457 e. The van der Waals surface area contributed by atoms with Crippen LogP contribution in [0.15, 0.2) is 57.9 Å². The van der Waals surface area contributed by atoms with Gasteiger partial charge in [-0.15, -0.1) is 0 Å². The first-order valence-electron chi connectivity index (χ1n) is 8.73. The predicted octanol–water partition coefficient (Wildman–Crippen LogP) is 6.39. The van der Waals surface area contributed by atoms with Gasteiger partial charge in [-0.1, -0.05) is 53.2 Å². The normalized spacial score (nSPS) is 16.7. The van der Waals surface area contributed by atoms with Crippen LogP contribution in [-0.2, 0) is 4.79 Å². The number of thioether (sulfide) groups is 1. The van der Waals surface area contributed by atoms with Crippen molar-refractivity contribution in [2.45, 2.75) is 0 Å². The van der Waals surface area contributed by atoms with E-state index in [2.05, 4.69) is 0 Å². The maximum atomic E-state index is 13.0. The van der Waals surface area contributed by atoms with Gasteiger partial charge >= 0.3 is 0 Å². The summed E-state index contributed by atoms with van der Waals surface area (Å²) in [7, 11) is 0. The molecule has 1 amide bonds. The van der Waals surface area contributed by atoms with Crippen molar-refractivity contribution in [1.82, 2.24) is 0 Å². The number of benzene rings is 2. The molecule has 2 aromatic carbocycles. The Bertz CT molecular complexity index is 1240. The van der Waals surface area contributed by atoms with Crippen molar-refractivity contribution in [3.8, 4) is 22.8 Å². The van der Waals surface area contributed by atoms with Crippen molar-refractivity contribution in [3.05, 3.63) is 69.2 Å². The summed E-state index contributed by atoms with van der Waals surface area (Å²) in [5, 5.41) is 0.853. The van der Waals surface area contributed by atoms with E-state index in [9.17, 15) is 4.79 Å². The molecule has 0 unspecified atom stereocenters. The van der Waals surface area contributed by atoms with E-state index in [1.807, 2.05) is 6.07 Å². The summed E-state index contributed by atoms with van der Waals surface area (Å²) in [5.41, 5.74) is 1.30. The standard InChI is InChI=1S/C21H11Cl2NO4S2/c22-14-3-1-2-13(19(14)23)15-7-5-12(28-15)9-18-20(25)24(21(29)30-18)11-4-6-16-17(8-11)27-10-26-16/h1-9H,10H2/b18-9+. The lowest BCUT2D eigenvalue weighted by Crippen LogP contribution is -2.27. The van der Waals surface area contributed by atoms with Crippen molar-refractivity contribution in [2.24, 2.45) is 0 Å². The lowest BCUT2D eigenvalue weighted by atomic mass is 10.2. The molecule has 0 atom stereocenters. The summed E-state index contributed by atoms with van der Waals surface area (Å²) in [4.78, 5) is 14.9. The average molecular weight is 476 g/mol. The number of nitrogens with zero attached hydrogens (tertiary/aromatic N) is 1. The third-order valence-electron chi connectivity index (χ3n) is 4.53. The minimum atomic E-state index is -0.234. The molecule has 9 heteroatoms. The van der Waals surface area contributed by atoms with E-state index in [1.54, 1.807) is 48.5 Å². The van der Waals surface area contributed by atoms with Crippen LogP contribution in [0.1, 0.15) is 5.76 Å². The molecule has 0 radical (unpaired) electrons. The number of thiocarbonyl (C=S) groups is 1. The smallest absolute Gasteiger partial charge is 0.270 e. The van der Waals surface area contributed by atoms with E-state index < -0.39 is 0 Å². The number of hydrogen-bond donors (Lipinski definition) is 0. The number of carbonyl (C=O) groups is 1. The minimum absolute atomic E-state index is 0.161. The summed E-state index contributed by atoms with van der Waals surface area (Å²) in [5.74, 6) is 2.05. The van der Waals surface area contributed by atoms with Gasteiger partial charge in [0.2, 0.25) is 6.79 Å². The molecule has 2 aliphatic rings. The van der Waals surface area contributed by atoms with Gasteiger partial charge in [0.25, 0.3) is 5.91 Å². The van der Waals surface area contributed by atoms with Gasteiger partial charge in [-0.2, -0.15) is 0 Å². The Morgan fingerprint density at radius 3 is 2.77 bits per heavy atom. The average Bonchev–Trinajstić information content (AvgIpc) is 3.44. The van der Waals surface area contributed by atoms with E-state index in [0.717, 1.165) is 0 Å². The summed E-state index contributed by atoms with van der Waals surface area (Å²) < 4.78 is 17.0. The zero-order valence-electron chi connectivity index (χ0n) is 15.1. The monoisotopic (exact) mass is 475 g/mol. The van der Waals surface area contributed by atoms with Gasteiger partial charge in [-0.05, 0) is 36.4 Å². The van der Waals surface area contributed by atoms with Crippen LogP contribution >= 0.6 is 47.2 Å². The van der Waals surface area contributed by atoms with Gasteiger partial charge in [0, 0.05) is 17.7 Å². The van der Waals surface area contributed by atoms with Crippen LogP contribution in [0.3, 0.4) is 0 Å². The molecular weight excluding hydrogens is 465 g/mol. The maximum absolute atomic E-state index is 13.0. The van der Waals surface area contributed by atoms with Gasteiger partial charge in [0.05, 0.1) is 20.6 Å². The lowest BCUT2D eigenvalue weighted by Gasteiger charge is -2.14. The summed E-state index contributed by atoms with van der Waals surface area (Å²) in [6.45, 7) is 0.161. The minimum Gasteiger partial charge on any atom is -0.457 e. The molecule has 5 rings (SSSR count). The molecule has 5 nitrogen and oxygen atoms in total. The Morgan fingerprint density at radius 2 is 1.90 bits per heavy atom. The first-order valence-corrected chi connectivity index (χ1v) is 10.7. The van der Waals surface area contributed by atoms with Crippen molar-refractivity contribution in [2.75, 3.05) is 11.7 Å². The quantitative estimate of drug-likeness (QED) is 0.323. The topological polar surface area (TPSA) is 51.9 Å². The van der Waals surface area contributed by atoms with Gasteiger partial charge < -0.3 is 13.9 Å². The number of halogens is 2. The molecule has 1 fully saturated rings. The van der Waals surface area contributed by atoms with Gasteiger partial charge in [-0.25, -0.2) is 0 Å². The number of ether oxygens (including phenoxy) is 2. The highest BCUT2D eigenvalue weighted by atomic mass is 35.5. The number of rotatable bonds is 3. The molecule has 2 aliphatic heterocycles. The molecule has 0 spiro atoms. The molecule has 0 aliphatic carbocycles. The van der Waals surface area contributed by atoms with E-state index in [1.165, 1.54) is 16.7 Å². The van der Waals surface area contributed by atoms with Crippen molar-refractivity contribution < 1.29 is 18.7 Å². The van der Waals surface area contributed by atoms with Crippen molar-refractivity contribution >= 4 is 69.2 Å². The van der Waals surface area contributed by atoms with Gasteiger partial charge in [-0.3, -0.25) is 9.69 Å². The number of furan rings is 1. The molecule has 1 aromatic heterocycles. The predicted molar refractivity (Wildman–Crippen MR) is 122 cm³/mol. The Labute approximate surface area is 191 Å². The third kappa shape index (κ3) is 3.37. The highest BCUT2D eigenvalue weighted by Gasteiger charge is 2.34. The summed E-state index contributed by atoms with van der Waals surface area (Å²) in [6.07, 6.45) is 1.66. The SMILES string of the molecule is O=C1/C(=C\c2ccc(-c3cccc(Cl)c3Cl)o2)SC(=S)N1c1ccc2c(c1)OCO2. The summed E-state index contributed by atoms with van der Waals surface area (Å²) in [6, 6.07) is 14.1. The second-order valence-corrected chi connectivity index (χ2v) is 8.82. The van der Waals surface area contributed by atoms with E-state index in [0.29, 0.717) is 53.5 Å². The molecule has 0 saturated carbocycles. The molecule has 0 bridgehead atoms. The maximum Gasteiger partial charge on any atom is 0.270 e. The fourth-order valence-electron chi connectivity index (χ4n) is 3.11. The van der Waals surface area contributed by atoms with Crippen LogP contribution in [0.5, 0.6) is 11.5 Å². The fraction of sp³-hybridized carbons (Fsp3) is 0.0476. The first-order chi connectivity index (χ1) is 14.5. The lowest BCUT2D eigenvalue weighted by molar-refractivity contribution is -0.113. The van der Waals surface area contributed by atoms with Crippen LogP contribution in [0.25, 0.3) is 17.4 Å². The van der Waals surface area contributed by atoms with Crippen molar-refractivity contribution in [1.29, 1.82) is 0 Å². The van der Waals surface area contributed by atoms with Crippen LogP contribution < -0.4 is 14.4 Å². The molecule has 3 heterocycles. The molecule has 30 heavy (non-hydrogen) atoms. The zero-order valence-corrected chi connectivity index (χ0v) is 18.2. The molecule has 1 saturated heterocycles. The van der Waals surface area contributed by atoms with Crippen LogP contribution in [0, 0.1) is 0 Å². The van der Waals surface area contributed by atoms with Crippen molar-refractivity contribution in [3.63, 3.8) is 0 Å². The molecular formula is C21H11Cl2NO4S2. The van der Waals surface area contributed by atoms with Gasteiger partial charge in [0.1, 0.15) is 11.5 Å². The number of fused-ring (bicyclic) bond motifs is 1. The number of hydrogen-bond acceptors (Lipinski definition) is 6. The summed E-state index contributed by atoms with van der Waals surface area (Å²) >= 11 is 19.0.